The molecule has 1 amide bonds. The predicted molar refractivity (Wildman–Crippen MR) is 105 cm³/mol. The lowest BCUT2D eigenvalue weighted by atomic mass is 9.77. The second-order valence-electron chi connectivity index (χ2n) is 7.80. The molecule has 0 radical (unpaired) electrons. The number of carbonyl (C=O) groups excluding carboxylic acids is 1. The number of anilines is 2. The van der Waals surface area contributed by atoms with Crippen LogP contribution >= 0.6 is 0 Å². The van der Waals surface area contributed by atoms with Gasteiger partial charge in [-0.15, -0.1) is 0 Å². The molecule has 3 rings (SSSR count). The van der Waals surface area contributed by atoms with E-state index in [9.17, 15) is 31.1 Å². The molecule has 1 aliphatic carbocycles. The standard InChI is InChI=1S/C20H21F6N5O/c1-9-8-29-18(31-16(9)27)30-12-4-2-10(3-5-12)15-13(17(28)32)6-11(19(21,22)23)7-14(15)20(24,25)26/h6-8,10,12H,2-5H2,1H3,(H2,28,32)(H3,27,29,30,31). The first-order valence-electron chi connectivity index (χ1n) is 9.75. The summed E-state index contributed by atoms with van der Waals surface area (Å²) in [4.78, 5) is 20.0. The maximum Gasteiger partial charge on any atom is 0.416 e. The first-order valence-corrected chi connectivity index (χ1v) is 9.75. The normalized spacial score (nSPS) is 19.6. The molecule has 1 aliphatic rings. The van der Waals surface area contributed by atoms with Crippen LogP contribution in [0.5, 0.6) is 0 Å². The van der Waals surface area contributed by atoms with E-state index in [0.717, 1.165) is 0 Å². The highest BCUT2D eigenvalue weighted by molar-refractivity contribution is 5.95. The van der Waals surface area contributed by atoms with Crippen LogP contribution in [0.1, 0.15) is 64.2 Å². The van der Waals surface area contributed by atoms with Crippen molar-refractivity contribution in [1.82, 2.24) is 9.97 Å². The van der Waals surface area contributed by atoms with Crippen LogP contribution in [-0.4, -0.2) is 21.9 Å². The summed E-state index contributed by atoms with van der Waals surface area (Å²) in [6, 6.07) is 0.282. The SMILES string of the molecule is Cc1cnc(NC2CCC(c3c(C(N)=O)cc(C(F)(F)F)cc3C(F)(F)F)CC2)nc1N. The fourth-order valence-electron chi connectivity index (χ4n) is 3.93. The third-order valence-corrected chi connectivity index (χ3v) is 5.56. The van der Waals surface area contributed by atoms with E-state index < -0.39 is 46.4 Å². The number of nitrogens with one attached hydrogen (secondary N) is 1. The molecule has 0 bridgehead atoms. The lowest BCUT2D eigenvalue weighted by Crippen LogP contribution is -2.29. The Morgan fingerprint density at radius 2 is 1.69 bits per heavy atom. The minimum atomic E-state index is -5.08. The number of aromatic nitrogens is 2. The van der Waals surface area contributed by atoms with Gasteiger partial charge in [0, 0.05) is 23.4 Å². The van der Waals surface area contributed by atoms with Crippen molar-refractivity contribution in [3.8, 4) is 0 Å². The molecule has 1 aromatic carbocycles. The van der Waals surface area contributed by atoms with Crippen molar-refractivity contribution in [1.29, 1.82) is 0 Å². The Morgan fingerprint density at radius 3 is 2.19 bits per heavy atom. The second-order valence-corrected chi connectivity index (χ2v) is 7.80. The molecule has 32 heavy (non-hydrogen) atoms. The van der Waals surface area contributed by atoms with Gasteiger partial charge in [0.1, 0.15) is 5.82 Å². The number of hydrogen-bond donors (Lipinski definition) is 3. The summed E-state index contributed by atoms with van der Waals surface area (Å²) in [5.74, 6) is -1.54. The molecule has 0 atom stereocenters. The van der Waals surface area contributed by atoms with Gasteiger partial charge in [-0.1, -0.05) is 0 Å². The van der Waals surface area contributed by atoms with Crippen molar-refractivity contribution in [3.63, 3.8) is 0 Å². The van der Waals surface area contributed by atoms with Gasteiger partial charge in [0.15, 0.2) is 0 Å². The van der Waals surface area contributed by atoms with E-state index in [0.29, 0.717) is 30.3 Å². The summed E-state index contributed by atoms with van der Waals surface area (Å²) < 4.78 is 80.5. The Hall–Kier alpha value is -3.05. The first-order chi connectivity index (χ1) is 14.8. The summed E-state index contributed by atoms with van der Waals surface area (Å²) in [7, 11) is 0. The zero-order chi connectivity index (χ0) is 23.8. The van der Waals surface area contributed by atoms with Crippen LogP contribution in [0.15, 0.2) is 18.3 Å². The van der Waals surface area contributed by atoms with Gasteiger partial charge in [-0.3, -0.25) is 4.79 Å². The topological polar surface area (TPSA) is 107 Å². The number of primary amides is 1. The summed E-state index contributed by atoms with van der Waals surface area (Å²) >= 11 is 0. The fraction of sp³-hybridized carbons (Fsp3) is 0.450. The summed E-state index contributed by atoms with van der Waals surface area (Å²) in [6.07, 6.45) is -7.42. The highest BCUT2D eigenvalue weighted by Crippen LogP contribution is 2.45. The largest absolute Gasteiger partial charge is 0.416 e. The Morgan fingerprint density at radius 1 is 1.06 bits per heavy atom. The van der Waals surface area contributed by atoms with Gasteiger partial charge in [0.2, 0.25) is 11.9 Å². The molecule has 2 aromatic rings. The molecule has 5 N–H and O–H groups in total. The molecule has 0 spiro atoms. The lowest BCUT2D eigenvalue weighted by molar-refractivity contribution is -0.143. The van der Waals surface area contributed by atoms with E-state index in [2.05, 4.69) is 15.3 Å². The van der Waals surface area contributed by atoms with Crippen molar-refractivity contribution < 1.29 is 31.1 Å². The molecule has 0 unspecified atom stereocenters. The van der Waals surface area contributed by atoms with Gasteiger partial charge in [-0.2, -0.15) is 31.3 Å². The molecule has 1 heterocycles. The zero-order valence-electron chi connectivity index (χ0n) is 16.9. The number of nitrogens with zero attached hydrogens (tertiary/aromatic N) is 2. The summed E-state index contributed by atoms with van der Waals surface area (Å²) in [5.41, 5.74) is 7.36. The molecule has 12 heteroatoms. The minimum absolute atomic E-state index is 0.0506. The number of aryl methyl sites for hydroxylation is 1. The van der Waals surface area contributed by atoms with Gasteiger partial charge < -0.3 is 16.8 Å². The predicted octanol–water partition coefficient (Wildman–Crippen LogP) is 4.64. The van der Waals surface area contributed by atoms with Crippen molar-refractivity contribution in [2.45, 2.75) is 56.9 Å². The van der Waals surface area contributed by atoms with E-state index in [1.165, 1.54) is 6.20 Å². The van der Waals surface area contributed by atoms with E-state index in [1.54, 1.807) is 6.92 Å². The molecular formula is C20H21F6N5O. The number of rotatable bonds is 4. The molecule has 0 saturated heterocycles. The van der Waals surface area contributed by atoms with Gasteiger partial charge in [0.05, 0.1) is 11.1 Å². The Balaban J connectivity index is 1.89. The van der Waals surface area contributed by atoms with Gasteiger partial charge in [0.25, 0.3) is 0 Å². The average Bonchev–Trinajstić information content (AvgIpc) is 2.69. The van der Waals surface area contributed by atoms with E-state index in [4.69, 9.17) is 11.5 Å². The van der Waals surface area contributed by atoms with E-state index in [1.807, 2.05) is 0 Å². The van der Waals surface area contributed by atoms with Crippen LogP contribution < -0.4 is 16.8 Å². The monoisotopic (exact) mass is 461 g/mol. The summed E-state index contributed by atoms with van der Waals surface area (Å²) in [6.45, 7) is 1.74. The smallest absolute Gasteiger partial charge is 0.383 e. The number of alkyl halides is 6. The highest BCUT2D eigenvalue weighted by atomic mass is 19.4. The Labute approximate surface area is 179 Å². The molecular weight excluding hydrogens is 440 g/mol. The van der Waals surface area contributed by atoms with Crippen LogP contribution in [0.3, 0.4) is 0 Å². The number of nitrogen functional groups attached to an aromatic ring is 1. The lowest BCUT2D eigenvalue weighted by Gasteiger charge is -2.32. The van der Waals surface area contributed by atoms with E-state index in [-0.39, 0.29) is 30.9 Å². The van der Waals surface area contributed by atoms with Crippen LogP contribution in [0.2, 0.25) is 0 Å². The zero-order valence-corrected chi connectivity index (χ0v) is 16.9. The number of nitrogens with two attached hydrogens (primary N) is 2. The van der Waals surface area contributed by atoms with Crippen LogP contribution in [0, 0.1) is 6.92 Å². The maximum atomic E-state index is 13.7. The van der Waals surface area contributed by atoms with Crippen LogP contribution in [0.25, 0.3) is 0 Å². The Bertz CT molecular complexity index is 1010. The summed E-state index contributed by atoms with van der Waals surface area (Å²) in [5, 5.41) is 3.07. The first kappa shape index (κ1) is 23.6. The van der Waals surface area contributed by atoms with Crippen LogP contribution in [-0.2, 0) is 12.4 Å². The number of benzene rings is 1. The Kier molecular flexibility index (Phi) is 6.25. The second kappa shape index (κ2) is 8.47. The van der Waals surface area contributed by atoms with Crippen molar-refractivity contribution in [3.05, 3.63) is 46.1 Å². The van der Waals surface area contributed by atoms with Crippen molar-refractivity contribution in [2.24, 2.45) is 5.73 Å². The maximum absolute atomic E-state index is 13.7. The minimum Gasteiger partial charge on any atom is -0.383 e. The fourth-order valence-corrected chi connectivity index (χ4v) is 3.93. The third kappa shape index (κ3) is 5.05. The number of amides is 1. The number of carbonyl (C=O) groups is 1. The van der Waals surface area contributed by atoms with E-state index >= 15 is 0 Å². The third-order valence-electron chi connectivity index (χ3n) is 5.56. The molecule has 1 aromatic heterocycles. The number of hydrogen-bond acceptors (Lipinski definition) is 5. The van der Waals surface area contributed by atoms with Crippen molar-refractivity contribution in [2.75, 3.05) is 11.1 Å². The molecule has 0 aliphatic heterocycles. The highest BCUT2D eigenvalue weighted by Gasteiger charge is 2.42. The van der Waals surface area contributed by atoms with Crippen LogP contribution in [0.4, 0.5) is 38.1 Å². The van der Waals surface area contributed by atoms with Gasteiger partial charge >= 0.3 is 12.4 Å². The molecule has 6 nitrogen and oxygen atoms in total. The molecule has 174 valence electrons. The quantitative estimate of drug-likeness (QED) is 0.575. The van der Waals surface area contributed by atoms with Crippen molar-refractivity contribution >= 4 is 17.7 Å². The average molecular weight is 461 g/mol. The van der Waals surface area contributed by atoms with Gasteiger partial charge in [-0.25, -0.2) is 4.98 Å². The number of halogens is 6. The molecule has 1 saturated carbocycles. The van der Waals surface area contributed by atoms with Gasteiger partial charge in [-0.05, 0) is 56.2 Å². The molecule has 1 fully saturated rings.